The van der Waals surface area contributed by atoms with Crippen LogP contribution in [-0.2, 0) is 4.79 Å². The van der Waals surface area contributed by atoms with Crippen LogP contribution < -0.4 is 5.32 Å². The van der Waals surface area contributed by atoms with E-state index >= 15 is 0 Å². The van der Waals surface area contributed by atoms with E-state index in [1.54, 1.807) is 30.0 Å². The molecule has 0 heterocycles. The van der Waals surface area contributed by atoms with E-state index in [1.807, 2.05) is 18.4 Å². The summed E-state index contributed by atoms with van der Waals surface area (Å²) in [6.07, 6.45) is 3.23. The zero-order valence-corrected chi connectivity index (χ0v) is 13.3. The highest BCUT2D eigenvalue weighted by Crippen LogP contribution is 2.21. The predicted molar refractivity (Wildman–Crippen MR) is 86.8 cm³/mol. The average molecular weight is 348 g/mol. The Balaban J connectivity index is 2.24. The van der Waals surface area contributed by atoms with Gasteiger partial charge >= 0.3 is 0 Å². The van der Waals surface area contributed by atoms with Gasteiger partial charge in [0.25, 0.3) is 5.91 Å². The van der Waals surface area contributed by atoms with Crippen molar-refractivity contribution in [3.63, 3.8) is 0 Å². The van der Waals surface area contributed by atoms with Crippen LogP contribution in [0.25, 0.3) is 6.08 Å². The lowest BCUT2D eigenvalue weighted by atomic mass is 10.1. The molecule has 0 unspecified atom stereocenters. The van der Waals surface area contributed by atoms with Crippen LogP contribution >= 0.6 is 11.8 Å². The Bertz CT molecular complexity index is 842. The number of nitrogens with zero attached hydrogens (tertiary/aromatic N) is 1. The third-order valence-corrected chi connectivity index (χ3v) is 3.82. The summed E-state index contributed by atoms with van der Waals surface area (Å²) in [4.78, 5) is 13.0. The molecule has 0 aliphatic heterocycles. The number of amides is 1. The molecule has 0 bridgehead atoms. The molecular formula is C17H11F3N2OS. The molecule has 24 heavy (non-hydrogen) atoms. The number of anilines is 1. The van der Waals surface area contributed by atoms with Crippen molar-refractivity contribution in [2.45, 2.75) is 4.90 Å². The number of nitriles is 1. The summed E-state index contributed by atoms with van der Waals surface area (Å²) in [6.45, 7) is 0. The predicted octanol–water partition coefficient (Wildman–Crippen LogP) is 4.37. The van der Waals surface area contributed by atoms with Crippen LogP contribution in [0.4, 0.5) is 18.9 Å². The molecule has 2 aromatic carbocycles. The highest BCUT2D eigenvalue weighted by atomic mass is 32.2. The molecule has 0 atom stereocenters. The third-order valence-electron chi connectivity index (χ3n) is 3.08. The molecule has 3 nitrogen and oxygen atoms in total. The number of carbonyl (C=O) groups is 1. The summed E-state index contributed by atoms with van der Waals surface area (Å²) in [6, 6.07) is 10.3. The van der Waals surface area contributed by atoms with Crippen molar-refractivity contribution >= 4 is 29.4 Å². The van der Waals surface area contributed by atoms with E-state index in [0.717, 1.165) is 11.0 Å². The first-order valence-electron chi connectivity index (χ1n) is 6.67. The normalized spacial score (nSPS) is 11.0. The van der Waals surface area contributed by atoms with Crippen LogP contribution in [0.1, 0.15) is 5.56 Å². The maximum atomic E-state index is 13.6. The average Bonchev–Trinajstić information content (AvgIpc) is 2.60. The molecule has 0 fully saturated rings. The van der Waals surface area contributed by atoms with E-state index in [4.69, 9.17) is 5.26 Å². The highest BCUT2D eigenvalue weighted by molar-refractivity contribution is 7.98. The van der Waals surface area contributed by atoms with Gasteiger partial charge in [0.05, 0.1) is 5.69 Å². The minimum atomic E-state index is -1.69. The minimum Gasteiger partial charge on any atom is -0.319 e. The van der Waals surface area contributed by atoms with E-state index in [0.29, 0.717) is 11.6 Å². The number of rotatable bonds is 4. The molecule has 0 saturated carbocycles. The fourth-order valence-electron chi connectivity index (χ4n) is 1.83. The lowest BCUT2D eigenvalue weighted by Gasteiger charge is -2.06. The first-order valence-corrected chi connectivity index (χ1v) is 7.89. The molecular weight excluding hydrogens is 337 g/mol. The summed E-state index contributed by atoms with van der Waals surface area (Å²) in [5.74, 6) is -5.50. The Morgan fingerprint density at radius 3 is 2.38 bits per heavy atom. The Kier molecular flexibility index (Phi) is 5.66. The Hall–Kier alpha value is -2.72. The van der Waals surface area contributed by atoms with Crippen LogP contribution in [0.2, 0.25) is 0 Å². The van der Waals surface area contributed by atoms with Crippen molar-refractivity contribution < 1.29 is 18.0 Å². The summed E-state index contributed by atoms with van der Waals surface area (Å²) < 4.78 is 39.6. The Morgan fingerprint density at radius 2 is 1.79 bits per heavy atom. The quantitative estimate of drug-likeness (QED) is 0.386. The lowest BCUT2D eigenvalue weighted by Crippen LogP contribution is -2.15. The second kappa shape index (κ2) is 7.70. The fourth-order valence-corrected chi connectivity index (χ4v) is 2.24. The third kappa shape index (κ3) is 3.97. The van der Waals surface area contributed by atoms with Gasteiger partial charge in [-0.15, -0.1) is 11.8 Å². The van der Waals surface area contributed by atoms with E-state index in [9.17, 15) is 18.0 Å². The topological polar surface area (TPSA) is 52.9 Å². The van der Waals surface area contributed by atoms with Gasteiger partial charge in [0.15, 0.2) is 17.5 Å². The summed E-state index contributed by atoms with van der Waals surface area (Å²) in [5, 5.41) is 11.2. The smallest absolute Gasteiger partial charge is 0.266 e. The summed E-state index contributed by atoms with van der Waals surface area (Å²) in [5.41, 5.74) is -0.237. The molecule has 122 valence electrons. The van der Waals surface area contributed by atoms with Gasteiger partial charge in [-0.1, -0.05) is 12.1 Å². The number of hydrogen-bond donors (Lipinski definition) is 1. The van der Waals surface area contributed by atoms with Crippen LogP contribution in [0, 0.1) is 28.8 Å². The summed E-state index contributed by atoms with van der Waals surface area (Å²) >= 11 is 1.54. The van der Waals surface area contributed by atoms with Crippen LogP contribution in [0.15, 0.2) is 46.9 Å². The van der Waals surface area contributed by atoms with E-state index in [1.165, 1.54) is 6.08 Å². The van der Waals surface area contributed by atoms with Crippen molar-refractivity contribution in [3.05, 3.63) is 65.0 Å². The molecule has 0 aliphatic rings. The number of nitrogens with one attached hydrogen (secondary N) is 1. The van der Waals surface area contributed by atoms with Crippen molar-refractivity contribution in [3.8, 4) is 6.07 Å². The maximum absolute atomic E-state index is 13.6. The zero-order chi connectivity index (χ0) is 17.7. The maximum Gasteiger partial charge on any atom is 0.266 e. The summed E-state index contributed by atoms with van der Waals surface area (Å²) in [7, 11) is 0. The molecule has 0 radical (unpaired) electrons. The van der Waals surface area contributed by atoms with Gasteiger partial charge in [0, 0.05) is 4.90 Å². The molecule has 2 rings (SSSR count). The van der Waals surface area contributed by atoms with Crippen molar-refractivity contribution in [1.29, 1.82) is 5.26 Å². The second-order valence-electron chi connectivity index (χ2n) is 4.62. The fraction of sp³-hybridized carbons (Fsp3) is 0.0588. The van der Waals surface area contributed by atoms with Crippen LogP contribution in [0.5, 0.6) is 0 Å². The van der Waals surface area contributed by atoms with Gasteiger partial charge in [-0.05, 0) is 42.2 Å². The number of hydrogen-bond acceptors (Lipinski definition) is 3. The van der Waals surface area contributed by atoms with Gasteiger partial charge in [0.1, 0.15) is 11.6 Å². The molecule has 7 heteroatoms. The minimum absolute atomic E-state index is 0.295. The zero-order valence-electron chi connectivity index (χ0n) is 12.4. The first kappa shape index (κ1) is 17.6. The number of halogens is 3. The first-order chi connectivity index (χ1) is 11.5. The molecule has 0 aliphatic carbocycles. The van der Waals surface area contributed by atoms with Gasteiger partial charge < -0.3 is 5.32 Å². The lowest BCUT2D eigenvalue weighted by molar-refractivity contribution is -0.112. The van der Waals surface area contributed by atoms with Crippen molar-refractivity contribution in [1.82, 2.24) is 0 Å². The molecule has 2 aromatic rings. The van der Waals surface area contributed by atoms with Gasteiger partial charge in [-0.25, -0.2) is 13.2 Å². The van der Waals surface area contributed by atoms with Crippen LogP contribution in [-0.4, -0.2) is 12.2 Å². The van der Waals surface area contributed by atoms with Crippen molar-refractivity contribution in [2.24, 2.45) is 0 Å². The molecule has 1 N–H and O–H groups in total. The Morgan fingerprint density at radius 1 is 1.12 bits per heavy atom. The highest BCUT2D eigenvalue weighted by Gasteiger charge is 2.17. The SMILES string of the molecule is CSc1ccc(/C=C(\C#N)C(=O)Nc2ccc(F)c(F)c2F)cc1. The van der Waals surface area contributed by atoms with E-state index < -0.39 is 29.0 Å². The molecule has 0 saturated heterocycles. The standard InChI is InChI=1S/C17H11F3N2OS/c1-24-12-4-2-10(3-5-12)8-11(9-21)17(23)22-14-7-6-13(18)15(19)16(14)20/h2-8H,1H3,(H,22,23)/b11-8+. The van der Waals surface area contributed by atoms with E-state index in [2.05, 4.69) is 5.32 Å². The van der Waals surface area contributed by atoms with Gasteiger partial charge in [0.2, 0.25) is 0 Å². The Labute approximate surface area is 140 Å². The van der Waals surface area contributed by atoms with E-state index in [-0.39, 0.29) is 5.57 Å². The second-order valence-corrected chi connectivity index (χ2v) is 5.50. The molecule has 0 aromatic heterocycles. The molecule has 1 amide bonds. The molecule has 0 spiro atoms. The van der Waals surface area contributed by atoms with Crippen molar-refractivity contribution in [2.75, 3.05) is 11.6 Å². The van der Waals surface area contributed by atoms with Crippen LogP contribution in [0.3, 0.4) is 0 Å². The van der Waals surface area contributed by atoms with Gasteiger partial charge in [-0.2, -0.15) is 5.26 Å². The van der Waals surface area contributed by atoms with Gasteiger partial charge in [-0.3, -0.25) is 4.79 Å². The largest absolute Gasteiger partial charge is 0.319 e. The number of carbonyl (C=O) groups excluding carboxylic acids is 1. The number of thioether (sulfide) groups is 1. The monoisotopic (exact) mass is 348 g/mol. The number of benzene rings is 2.